The second kappa shape index (κ2) is 5.57. The lowest BCUT2D eigenvalue weighted by Crippen LogP contribution is -2.43. The molecule has 4 heteroatoms. The Balaban J connectivity index is 1.45. The van der Waals surface area contributed by atoms with Crippen LogP contribution in [0.1, 0.15) is 32.1 Å². The number of hydrogen-bond donors (Lipinski definition) is 1. The van der Waals surface area contributed by atoms with Crippen LogP contribution in [-0.2, 0) is 4.79 Å². The first-order chi connectivity index (χ1) is 8.83. The van der Waals surface area contributed by atoms with Crippen molar-refractivity contribution in [3.8, 4) is 0 Å². The predicted molar refractivity (Wildman–Crippen MR) is 71.4 cm³/mol. The Morgan fingerprint density at radius 2 is 1.94 bits per heavy atom. The zero-order valence-corrected chi connectivity index (χ0v) is 11.2. The summed E-state index contributed by atoms with van der Waals surface area (Å²) in [6.07, 6.45) is 6.43. The van der Waals surface area contributed by atoms with Gasteiger partial charge in [-0.25, -0.2) is 0 Å². The fourth-order valence-electron chi connectivity index (χ4n) is 3.25. The minimum atomic E-state index is 0.310. The third-order valence-electron chi connectivity index (χ3n) is 4.56. The zero-order chi connectivity index (χ0) is 12.4. The molecule has 4 nitrogen and oxygen atoms in total. The van der Waals surface area contributed by atoms with E-state index in [1.807, 2.05) is 0 Å². The second-order valence-corrected chi connectivity index (χ2v) is 6.10. The lowest BCUT2D eigenvalue weighted by Gasteiger charge is -2.25. The molecule has 0 aromatic rings. The third kappa shape index (κ3) is 3.04. The SMILES string of the molecule is O=C(CNCC1CC1)N1CCCN2CCCC2C1. The molecule has 1 amide bonds. The van der Waals surface area contributed by atoms with Gasteiger partial charge in [0, 0.05) is 25.7 Å². The van der Waals surface area contributed by atoms with Crippen LogP contribution in [0.2, 0.25) is 0 Å². The molecule has 0 spiro atoms. The number of amides is 1. The van der Waals surface area contributed by atoms with Crippen molar-refractivity contribution in [1.29, 1.82) is 0 Å². The monoisotopic (exact) mass is 251 g/mol. The molecular weight excluding hydrogens is 226 g/mol. The van der Waals surface area contributed by atoms with Crippen LogP contribution in [0.4, 0.5) is 0 Å². The van der Waals surface area contributed by atoms with Gasteiger partial charge >= 0.3 is 0 Å². The van der Waals surface area contributed by atoms with E-state index in [-0.39, 0.29) is 0 Å². The first-order valence-corrected chi connectivity index (χ1v) is 7.55. The van der Waals surface area contributed by atoms with Crippen molar-refractivity contribution in [2.45, 2.75) is 38.1 Å². The topological polar surface area (TPSA) is 35.6 Å². The highest BCUT2D eigenvalue weighted by molar-refractivity contribution is 5.78. The van der Waals surface area contributed by atoms with Gasteiger partial charge in [-0.05, 0) is 51.1 Å². The van der Waals surface area contributed by atoms with Crippen LogP contribution < -0.4 is 5.32 Å². The van der Waals surface area contributed by atoms with Gasteiger partial charge in [0.15, 0.2) is 0 Å². The van der Waals surface area contributed by atoms with Gasteiger partial charge in [-0.15, -0.1) is 0 Å². The molecule has 1 saturated carbocycles. The van der Waals surface area contributed by atoms with Gasteiger partial charge in [-0.2, -0.15) is 0 Å². The van der Waals surface area contributed by atoms with Gasteiger partial charge in [0.05, 0.1) is 6.54 Å². The van der Waals surface area contributed by atoms with E-state index in [1.165, 1.54) is 38.8 Å². The molecule has 0 aromatic carbocycles. The van der Waals surface area contributed by atoms with E-state index in [9.17, 15) is 4.79 Å². The Hall–Kier alpha value is -0.610. The summed E-state index contributed by atoms with van der Waals surface area (Å²) in [5, 5.41) is 3.32. The van der Waals surface area contributed by atoms with Gasteiger partial charge in [0.2, 0.25) is 5.91 Å². The van der Waals surface area contributed by atoms with E-state index in [0.29, 0.717) is 18.5 Å². The molecule has 1 aliphatic carbocycles. The number of rotatable bonds is 4. The fourth-order valence-corrected chi connectivity index (χ4v) is 3.25. The number of nitrogens with zero attached hydrogens (tertiary/aromatic N) is 2. The summed E-state index contributed by atoms with van der Waals surface area (Å²) < 4.78 is 0. The van der Waals surface area contributed by atoms with E-state index in [1.54, 1.807) is 0 Å². The Morgan fingerprint density at radius 3 is 2.78 bits per heavy atom. The number of hydrogen-bond acceptors (Lipinski definition) is 3. The lowest BCUT2D eigenvalue weighted by atomic mass is 10.2. The summed E-state index contributed by atoms with van der Waals surface area (Å²) >= 11 is 0. The van der Waals surface area contributed by atoms with Gasteiger partial charge in [-0.1, -0.05) is 0 Å². The van der Waals surface area contributed by atoms with Crippen LogP contribution in [0, 0.1) is 5.92 Å². The van der Waals surface area contributed by atoms with E-state index < -0.39 is 0 Å². The van der Waals surface area contributed by atoms with Gasteiger partial charge in [0.25, 0.3) is 0 Å². The normalized spacial score (nSPS) is 29.1. The molecule has 2 heterocycles. The van der Waals surface area contributed by atoms with Crippen LogP contribution in [0.3, 0.4) is 0 Å². The molecule has 2 aliphatic heterocycles. The van der Waals surface area contributed by atoms with Crippen molar-refractivity contribution >= 4 is 5.91 Å². The van der Waals surface area contributed by atoms with Crippen molar-refractivity contribution in [2.24, 2.45) is 5.92 Å². The molecule has 0 aromatic heterocycles. The largest absolute Gasteiger partial charge is 0.340 e. The highest BCUT2D eigenvalue weighted by atomic mass is 16.2. The highest BCUT2D eigenvalue weighted by Gasteiger charge is 2.30. The molecule has 1 unspecified atom stereocenters. The summed E-state index contributed by atoms with van der Waals surface area (Å²) in [7, 11) is 0. The molecule has 102 valence electrons. The van der Waals surface area contributed by atoms with Crippen molar-refractivity contribution in [3.05, 3.63) is 0 Å². The van der Waals surface area contributed by atoms with E-state index >= 15 is 0 Å². The average Bonchev–Trinajstić information content (AvgIpc) is 3.13. The molecule has 3 aliphatic rings. The maximum absolute atomic E-state index is 12.2. The van der Waals surface area contributed by atoms with Gasteiger partial charge in [-0.3, -0.25) is 9.69 Å². The first-order valence-electron chi connectivity index (χ1n) is 7.55. The van der Waals surface area contributed by atoms with E-state index in [2.05, 4.69) is 15.1 Å². The minimum Gasteiger partial charge on any atom is -0.340 e. The summed E-state index contributed by atoms with van der Waals surface area (Å²) in [5.41, 5.74) is 0. The number of fused-ring (bicyclic) bond motifs is 1. The highest BCUT2D eigenvalue weighted by Crippen LogP contribution is 2.27. The first kappa shape index (κ1) is 12.4. The predicted octanol–water partition coefficient (Wildman–Crippen LogP) is 0.683. The standard InChI is InChI=1S/C14H25N3O/c18-14(10-15-9-12-4-5-12)17-8-2-7-16-6-1-3-13(16)11-17/h12-13,15H,1-11H2. The second-order valence-electron chi connectivity index (χ2n) is 6.10. The molecule has 3 fully saturated rings. The van der Waals surface area contributed by atoms with E-state index in [0.717, 1.165) is 32.0 Å². The van der Waals surface area contributed by atoms with Crippen molar-refractivity contribution < 1.29 is 4.79 Å². The van der Waals surface area contributed by atoms with Gasteiger partial charge in [0.1, 0.15) is 0 Å². The Kier molecular flexibility index (Phi) is 3.85. The number of carbonyl (C=O) groups excluding carboxylic acids is 1. The van der Waals surface area contributed by atoms with Gasteiger partial charge < -0.3 is 10.2 Å². The third-order valence-corrected chi connectivity index (χ3v) is 4.56. The van der Waals surface area contributed by atoms with Crippen molar-refractivity contribution in [1.82, 2.24) is 15.1 Å². The molecule has 0 radical (unpaired) electrons. The Labute approximate surface area is 110 Å². The van der Waals surface area contributed by atoms with Crippen LogP contribution in [0.5, 0.6) is 0 Å². The van der Waals surface area contributed by atoms with Crippen molar-refractivity contribution in [3.63, 3.8) is 0 Å². The summed E-state index contributed by atoms with van der Waals surface area (Å²) in [4.78, 5) is 16.9. The quantitative estimate of drug-likeness (QED) is 0.798. The maximum atomic E-state index is 12.2. The molecule has 0 bridgehead atoms. The summed E-state index contributed by atoms with van der Waals surface area (Å²) in [5.74, 6) is 1.16. The molecule has 18 heavy (non-hydrogen) atoms. The van der Waals surface area contributed by atoms with Crippen LogP contribution in [0.25, 0.3) is 0 Å². The van der Waals surface area contributed by atoms with Crippen LogP contribution in [-0.4, -0.2) is 61.0 Å². The summed E-state index contributed by atoms with van der Waals surface area (Å²) in [6, 6.07) is 0.639. The van der Waals surface area contributed by atoms with E-state index in [4.69, 9.17) is 0 Å². The maximum Gasteiger partial charge on any atom is 0.236 e. The fraction of sp³-hybridized carbons (Fsp3) is 0.929. The number of nitrogens with one attached hydrogen (secondary N) is 1. The summed E-state index contributed by atoms with van der Waals surface area (Å²) in [6.45, 7) is 5.93. The molecule has 1 N–H and O–H groups in total. The Morgan fingerprint density at radius 1 is 1.11 bits per heavy atom. The zero-order valence-electron chi connectivity index (χ0n) is 11.2. The molecule has 2 saturated heterocycles. The molecule has 1 atom stereocenters. The average molecular weight is 251 g/mol. The molecule has 3 rings (SSSR count). The number of carbonyl (C=O) groups is 1. The van der Waals surface area contributed by atoms with Crippen LogP contribution in [0.15, 0.2) is 0 Å². The van der Waals surface area contributed by atoms with Crippen LogP contribution >= 0.6 is 0 Å². The molecular formula is C14H25N3O. The van der Waals surface area contributed by atoms with Crippen molar-refractivity contribution in [2.75, 3.05) is 39.3 Å². The minimum absolute atomic E-state index is 0.310. The smallest absolute Gasteiger partial charge is 0.236 e. The lowest BCUT2D eigenvalue weighted by molar-refractivity contribution is -0.130. The Bertz CT molecular complexity index is 303.